The van der Waals surface area contributed by atoms with Crippen LogP contribution in [-0.4, -0.2) is 37.2 Å². The van der Waals surface area contributed by atoms with E-state index < -0.39 is 11.9 Å². The molecule has 0 atom stereocenters. The van der Waals surface area contributed by atoms with Gasteiger partial charge in [-0.25, -0.2) is 4.98 Å². The van der Waals surface area contributed by atoms with Crippen LogP contribution in [0.25, 0.3) is 5.65 Å². The number of aromatic nitrogens is 4. The summed E-state index contributed by atoms with van der Waals surface area (Å²) in [5.74, 6) is 0.386. The third-order valence-corrected chi connectivity index (χ3v) is 5.14. The molecule has 4 rings (SSSR count). The number of rotatable bonds is 4. The summed E-state index contributed by atoms with van der Waals surface area (Å²) in [4.78, 5) is 15.9. The number of carbonyl (C=O) groups is 1. The number of alkyl halides is 3. The lowest BCUT2D eigenvalue weighted by Crippen LogP contribution is -2.40. The highest BCUT2D eigenvalue weighted by Crippen LogP contribution is 2.30. The lowest BCUT2D eigenvalue weighted by Gasteiger charge is -2.30. The second kappa shape index (κ2) is 9.40. The quantitative estimate of drug-likeness (QED) is 0.628. The molecule has 2 N–H and O–H groups in total. The predicted molar refractivity (Wildman–Crippen MR) is 114 cm³/mol. The fraction of sp³-hybridized carbons (Fsp3) is 0.476. The number of pyridine rings is 1. The molecule has 1 amide bonds. The van der Waals surface area contributed by atoms with E-state index in [1.807, 2.05) is 0 Å². The standard InChI is InChI=1S/C19H21F3N6O.2CH4/c1-27-10-9-14(26-27)18(29)24-13-7-5-12(6-8-13)23-16-3-2-4-17-25-15(11-28(16)17)19(20,21)22;;/h2-4,9-13,23H,5-8H2,1H3,(H,24,29);2*1H4. The molecule has 0 saturated heterocycles. The first-order chi connectivity index (χ1) is 13.8. The normalized spacial score (nSPS) is 18.7. The maximum atomic E-state index is 13.0. The van der Waals surface area contributed by atoms with Crippen LogP contribution in [0.2, 0.25) is 0 Å². The maximum absolute atomic E-state index is 13.0. The Hall–Kier alpha value is -3.04. The van der Waals surface area contributed by atoms with E-state index in [2.05, 4.69) is 20.7 Å². The van der Waals surface area contributed by atoms with Crippen LogP contribution < -0.4 is 10.6 Å². The number of hydrogen-bond acceptors (Lipinski definition) is 4. The third kappa shape index (κ3) is 5.36. The van der Waals surface area contributed by atoms with Crippen LogP contribution in [0.5, 0.6) is 0 Å². The fourth-order valence-electron chi connectivity index (χ4n) is 3.65. The number of carbonyl (C=O) groups excluding carboxylic acids is 1. The van der Waals surface area contributed by atoms with Crippen molar-refractivity contribution >= 4 is 17.4 Å². The number of halogens is 3. The Balaban J connectivity index is 0.00000171. The van der Waals surface area contributed by atoms with Crippen LogP contribution in [0.15, 0.2) is 36.7 Å². The van der Waals surface area contributed by atoms with Crippen molar-refractivity contribution in [3.8, 4) is 0 Å². The first-order valence-corrected chi connectivity index (χ1v) is 9.42. The zero-order valence-electron chi connectivity index (χ0n) is 15.8. The Morgan fingerprint density at radius 1 is 1.10 bits per heavy atom. The van der Waals surface area contributed by atoms with Crippen molar-refractivity contribution in [1.29, 1.82) is 0 Å². The van der Waals surface area contributed by atoms with E-state index in [1.165, 1.54) is 4.40 Å². The van der Waals surface area contributed by atoms with E-state index in [0.717, 1.165) is 31.9 Å². The molecule has 1 aliphatic rings. The van der Waals surface area contributed by atoms with Gasteiger partial charge in [0.1, 0.15) is 17.2 Å². The molecular formula is C21H29F3N6O. The molecule has 0 aliphatic heterocycles. The van der Waals surface area contributed by atoms with E-state index >= 15 is 0 Å². The average molecular weight is 438 g/mol. The molecule has 31 heavy (non-hydrogen) atoms. The molecule has 7 nitrogen and oxygen atoms in total. The van der Waals surface area contributed by atoms with Gasteiger partial charge in [0, 0.05) is 31.5 Å². The monoisotopic (exact) mass is 438 g/mol. The molecule has 0 aromatic carbocycles. The van der Waals surface area contributed by atoms with Gasteiger partial charge in [0.2, 0.25) is 0 Å². The van der Waals surface area contributed by atoms with Gasteiger partial charge in [0.05, 0.1) is 0 Å². The highest BCUT2D eigenvalue weighted by Gasteiger charge is 2.34. The molecule has 1 aliphatic carbocycles. The minimum Gasteiger partial charge on any atom is -0.368 e. The van der Waals surface area contributed by atoms with Gasteiger partial charge in [-0.15, -0.1) is 0 Å². The van der Waals surface area contributed by atoms with Gasteiger partial charge in [-0.05, 0) is 43.9 Å². The Morgan fingerprint density at radius 3 is 2.39 bits per heavy atom. The van der Waals surface area contributed by atoms with Crippen molar-refractivity contribution in [2.45, 2.75) is 58.8 Å². The summed E-state index contributed by atoms with van der Waals surface area (Å²) in [6.45, 7) is 0. The summed E-state index contributed by atoms with van der Waals surface area (Å²) in [6.07, 6.45) is 1.41. The van der Waals surface area contributed by atoms with E-state index in [0.29, 0.717) is 11.5 Å². The van der Waals surface area contributed by atoms with E-state index in [4.69, 9.17) is 0 Å². The number of imidazole rings is 1. The third-order valence-electron chi connectivity index (χ3n) is 5.14. The summed E-state index contributed by atoms with van der Waals surface area (Å²) in [6, 6.07) is 6.81. The van der Waals surface area contributed by atoms with Gasteiger partial charge < -0.3 is 10.6 Å². The van der Waals surface area contributed by atoms with Gasteiger partial charge in [0.25, 0.3) is 5.91 Å². The molecule has 3 heterocycles. The number of nitrogens with zero attached hydrogens (tertiary/aromatic N) is 4. The van der Waals surface area contributed by atoms with Gasteiger partial charge in [-0.2, -0.15) is 18.3 Å². The summed E-state index contributed by atoms with van der Waals surface area (Å²) < 4.78 is 41.9. The highest BCUT2D eigenvalue weighted by atomic mass is 19.4. The van der Waals surface area contributed by atoms with Crippen LogP contribution >= 0.6 is 0 Å². The lowest BCUT2D eigenvalue weighted by molar-refractivity contribution is -0.140. The van der Waals surface area contributed by atoms with Crippen LogP contribution in [0.1, 0.15) is 56.7 Å². The average Bonchev–Trinajstić information content (AvgIpc) is 3.30. The zero-order chi connectivity index (χ0) is 20.6. The van der Waals surface area contributed by atoms with Crippen molar-refractivity contribution in [2.24, 2.45) is 7.05 Å². The molecule has 0 bridgehead atoms. The van der Waals surface area contributed by atoms with Crippen molar-refractivity contribution in [1.82, 2.24) is 24.5 Å². The van der Waals surface area contributed by atoms with E-state index in [9.17, 15) is 18.0 Å². The molecule has 1 fully saturated rings. The molecule has 0 radical (unpaired) electrons. The van der Waals surface area contributed by atoms with E-state index in [-0.39, 0.29) is 38.5 Å². The smallest absolute Gasteiger partial charge is 0.368 e. The van der Waals surface area contributed by atoms with Gasteiger partial charge >= 0.3 is 6.18 Å². The molecule has 3 aromatic heterocycles. The van der Waals surface area contributed by atoms with Crippen LogP contribution in [0.4, 0.5) is 19.0 Å². The number of amides is 1. The summed E-state index contributed by atoms with van der Waals surface area (Å²) in [5, 5.41) is 10.4. The van der Waals surface area contributed by atoms with E-state index in [1.54, 1.807) is 42.2 Å². The largest absolute Gasteiger partial charge is 0.434 e. The van der Waals surface area contributed by atoms with Crippen LogP contribution in [0, 0.1) is 0 Å². The predicted octanol–water partition coefficient (Wildman–Crippen LogP) is 4.51. The topological polar surface area (TPSA) is 76.2 Å². The van der Waals surface area contributed by atoms with Crippen molar-refractivity contribution < 1.29 is 18.0 Å². The van der Waals surface area contributed by atoms with Crippen LogP contribution in [0.3, 0.4) is 0 Å². The minimum atomic E-state index is -4.48. The number of anilines is 1. The number of nitrogens with one attached hydrogen (secondary N) is 2. The maximum Gasteiger partial charge on any atom is 0.434 e. The molecule has 0 unspecified atom stereocenters. The summed E-state index contributed by atoms with van der Waals surface area (Å²) in [7, 11) is 1.76. The molecular weight excluding hydrogens is 409 g/mol. The Labute approximate surface area is 179 Å². The molecule has 0 spiro atoms. The van der Waals surface area contributed by atoms with Crippen molar-refractivity contribution in [3.63, 3.8) is 0 Å². The molecule has 170 valence electrons. The van der Waals surface area contributed by atoms with Crippen LogP contribution in [-0.2, 0) is 13.2 Å². The fourth-order valence-corrected chi connectivity index (χ4v) is 3.65. The molecule has 1 saturated carbocycles. The second-order valence-electron chi connectivity index (χ2n) is 7.30. The molecule has 10 heteroatoms. The Morgan fingerprint density at radius 2 is 1.77 bits per heavy atom. The van der Waals surface area contributed by atoms with Gasteiger partial charge in [-0.1, -0.05) is 20.9 Å². The number of fused-ring (bicyclic) bond motifs is 1. The zero-order valence-corrected chi connectivity index (χ0v) is 15.8. The van der Waals surface area contributed by atoms with Gasteiger partial charge in [-0.3, -0.25) is 13.9 Å². The SMILES string of the molecule is C.C.Cn1ccc(C(=O)NC2CCC(Nc3cccc4nc(C(F)(F)F)cn34)CC2)n1. The van der Waals surface area contributed by atoms with Crippen molar-refractivity contribution in [3.05, 3.63) is 48.0 Å². The first kappa shape index (κ1) is 24.2. The summed E-state index contributed by atoms with van der Waals surface area (Å²) in [5.41, 5.74) is -0.272. The number of aryl methyl sites for hydroxylation is 1. The van der Waals surface area contributed by atoms with Gasteiger partial charge in [0.15, 0.2) is 5.69 Å². The van der Waals surface area contributed by atoms with Crippen molar-refractivity contribution in [2.75, 3.05) is 5.32 Å². The molecule has 3 aromatic rings. The number of hydrogen-bond donors (Lipinski definition) is 2. The Kier molecular flexibility index (Phi) is 7.35. The Bertz CT molecular complexity index is 1020. The first-order valence-electron chi connectivity index (χ1n) is 9.42. The lowest BCUT2D eigenvalue weighted by atomic mass is 9.91. The second-order valence-corrected chi connectivity index (χ2v) is 7.30. The minimum absolute atomic E-state index is 0. The highest BCUT2D eigenvalue weighted by molar-refractivity contribution is 5.92. The summed E-state index contributed by atoms with van der Waals surface area (Å²) >= 11 is 0.